The standard InChI is InChI=1S/C13H12ClNO4/c14-11-8-10(5-6-12(11)15(17)18)19-13(16)7-9-3-1-2-4-9/h1,3,5-6,8-9H,2,4,7H2. The average Bonchev–Trinajstić information content (AvgIpc) is 2.81. The normalized spacial score (nSPS) is 17.4. The van der Waals surface area contributed by atoms with E-state index < -0.39 is 4.92 Å². The van der Waals surface area contributed by atoms with Gasteiger partial charge < -0.3 is 4.74 Å². The van der Waals surface area contributed by atoms with Crippen LogP contribution in [0.25, 0.3) is 0 Å². The maximum atomic E-state index is 11.7. The minimum atomic E-state index is -0.586. The van der Waals surface area contributed by atoms with E-state index in [4.69, 9.17) is 16.3 Å². The highest BCUT2D eigenvalue weighted by atomic mass is 35.5. The van der Waals surface area contributed by atoms with Crippen molar-refractivity contribution in [1.29, 1.82) is 0 Å². The van der Waals surface area contributed by atoms with Crippen molar-refractivity contribution in [1.82, 2.24) is 0 Å². The molecule has 100 valence electrons. The fraction of sp³-hybridized carbons (Fsp3) is 0.308. The Balaban J connectivity index is 1.98. The second kappa shape index (κ2) is 5.84. The van der Waals surface area contributed by atoms with E-state index in [9.17, 15) is 14.9 Å². The Morgan fingerprint density at radius 1 is 1.53 bits per heavy atom. The molecule has 6 heteroatoms. The Kier molecular flexibility index (Phi) is 4.16. The van der Waals surface area contributed by atoms with E-state index in [1.165, 1.54) is 18.2 Å². The topological polar surface area (TPSA) is 69.4 Å². The molecule has 1 aliphatic carbocycles. The molecule has 0 fully saturated rings. The summed E-state index contributed by atoms with van der Waals surface area (Å²) < 4.78 is 5.11. The van der Waals surface area contributed by atoms with Crippen LogP contribution >= 0.6 is 11.6 Å². The summed E-state index contributed by atoms with van der Waals surface area (Å²) in [5.41, 5.74) is -0.208. The van der Waals surface area contributed by atoms with Crippen LogP contribution in [0, 0.1) is 16.0 Å². The van der Waals surface area contributed by atoms with Gasteiger partial charge in [-0.1, -0.05) is 23.8 Å². The fourth-order valence-corrected chi connectivity index (χ4v) is 2.19. The predicted molar refractivity (Wildman–Crippen MR) is 70.2 cm³/mol. The molecule has 5 nitrogen and oxygen atoms in total. The number of nitro groups is 1. The lowest BCUT2D eigenvalue weighted by Crippen LogP contribution is -2.11. The number of benzene rings is 1. The second-order valence-electron chi connectivity index (χ2n) is 4.31. The van der Waals surface area contributed by atoms with Gasteiger partial charge in [-0.3, -0.25) is 14.9 Å². The van der Waals surface area contributed by atoms with Crippen LogP contribution in [0.3, 0.4) is 0 Å². The van der Waals surface area contributed by atoms with Gasteiger partial charge in [-0.15, -0.1) is 0 Å². The molecule has 1 aliphatic rings. The molecule has 1 atom stereocenters. The first-order valence-corrected chi connectivity index (χ1v) is 6.25. The van der Waals surface area contributed by atoms with Crippen molar-refractivity contribution in [2.75, 3.05) is 0 Å². The number of ether oxygens (including phenoxy) is 1. The molecule has 1 unspecified atom stereocenters. The van der Waals surface area contributed by atoms with Gasteiger partial charge in [0.2, 0.25) is 0 Å². The predicted octanol–water partition coefficient (Wildman–Crippen LogP) is 3.51. The highest BCUT2D eigenvalue weighted by molar-refractivity contribution is 6.32. The fourth-order valence-electron chi connectivity index (χ4n) is 1.95. The summed E-state index contributed by atoms with van der Waals surface area (Å²) >= 11 is 5.73. The zero-order chi connectivity index (χ0) is 13.8. The summed E-state index contributed by atoms with van der Waals surface area (Å²) in [5, 5.41) is 10.5. The molecule has 0 aliphatic heterocycles. The molecule has 2 rings (SSSR count). The Hall–Kier alpha value is -1.88. The van der Waals surface area contributed by atoms with Crippen LogP contribution in [-0.2, 0) is 4.79 Å². The van der Waals surface area contributed by atoms with Gasteiger partial charge in [-0.2, -0.15) is 0 Å². The quantitative estimate of drug-likeness (QED) is 0.278. The van der Waals surface area contributed by atoms with Gasteiger partial charge in [0.05, 0.1) is 11.3 Å². The number of nitro benzene ring substituents is 1. The molecule has 0 saturated carbocycles. The highest BCUT2D eigenvalue weighted by Gasteiger charge is 2.17. The molecule has 0 aromatic heterocycles. The van der Waals surface area contributed by atoms with Crippen LogP contribution in [-0.4, -0.2) is 10.9 Å². The Labute approximate surface area is 115 Å². The summed E-state index contributed by atoms with van der Waals surface area (Å²) in [4.78, 5) is 21.7. The minimum absolute atomic E-state index is 0.0453. The molecule has 1 aromatic carbocycles. The molecular weight excluding hydrogens is 270 g/mol. The molecular formula is C13H12ClNO4. The van der Waals surface area contributed by atoms with E-state index in [2.05, 4.69) is 0 Å². The van der Waals surface area contributed by atoms with Gasteiger partial charge in [-0.05, 0) is 24.8 Å². The number of hydrogen-bond donors (Lipinski definition) is 0. The molecule has 1 aromatic rings. The first kappa shape index (κ1) is 13.5. The lowest BCUT2D eigenvalue weighted by Gasteiger charge is -2.08. The highest BCUT2D eigenvalue weighted by Crippen LogP contribution is 2.29. The van der Waals surface area contributed by atoms with E-state index in [0.717, 1.165) is 12.8 Å². The molecule has 0 spiro atoms. The first-order valence-electron chi connectivity index (χ1n) is 5.87. The molecule has 0 heterocycles. The van der Waals surface area contributed by atoms with Gasteiger partial charge >= 0.3 is 5.97 Å². The lowest BCUT2D eigenvalue weighted by molar-refractivity contribution is -0.384. The van der Waals surface area contributed by atoms with Crippen molar-refractivity contribution in [3.8, 4) is 5.75 Å². The number of allylic oxidation sites excluding steroid dienone is 2. The number of esters is 1. The molecule has 0 amide bonds. The van der Waals surface area contributed by atoms with Crippen molar-refractivity contribution in [3.05, 3.63) is 45.5 Å². The van der Waals surface area contributed by atoms with Crippen LogP contribution in [0.5, 0.6) is 5.75 Å². The van der Waals surface area contributed by atoms with Crippen LogP contribution in [0.2, 0.25) is 5.02 Å². The van der Waals surface area contributed by atoms with Crippen LogP contribution in [0.15, 0.2) is 30.4 Å². The number of hydrogen-bond acceptors (Lipinski definition) is 4. The largest absolute Gasteiger partial charge is 0.426 e. The van der Waals surface area contributed by atoms with Crippen molar-refractivity contribution in [2.45, 2.75) is 19.3 Å². The van der Waals surface area contributed by atoms with E-state index in [-0.39, 0.29) is 28.3 Å². The number of rotatable bonds is 4. The van der Waals surface area contributed by atoms with E-state index in [1.807, 2.05) is 12.2 Å². The second-order valence-corrected chi connectivity index (χ2v) is 4.72. The SMILES string of the molecule is O=C(CC1C=CCC1)Oc1ccc([N+](=O)[O-])c(Cl)c1. The summed E-state index contributed by atoms with van der Waals surface area (Å²) in [6.45, 7) is 0. The van der Waals surface area contributed by atoms with Crippen molar-refractivity contribution >= 4 is 23.3 Å². The molecule has 0 N–H and O–H groups in total. The number of halogens is 1. The van der Waals surface area contributed by atoms with Crippen molar-refractivity contribution < 1.29 is 14.5 Å². The monoisotopic (exact) mass is 281 g/mol. The van der Waals surface area contributed by atoms with E-state index in [1.54, 1.807) is 0 Å². The molecule has 0 saturated heterocycles. The number of carbonyl (C=O) groups excluding carboxylic acids is 1. The average molecular weight is 282 g/mol. The molecule has 0 radical (unpaired) electrons. The first-order chi connectivity index (χ1) is 9.06. The molecule has 19 heavy (non-hydrogen) atoms. The van der Waals surface area contributed by atoms with Crippen molar-refractivity contribution in [2.24, 2.45) is 5.92 Å². The number of nitrogens with zero attached hydrogens (tertiary/aromatic N) is 1. The van der Waals surface area contributed by atoms with Gasteiger partial charge in [0, 0.05) is 12.1 Å². The lowest BCUT2D eigenvalue weighted by atomic mass is 10.1. The maximum Gasteiger partial charge on any atom is 0.311 e. The third kappa shape index (κ3) is 3.54. The van der Waals surface area contributed by atoms with E-state index >= 15 is 0 Å². The molecule has 0 bridgehead atoms. The van der Waals surface area contributed by atoms with Crippen LogP contribution in [0.4, 0.5) is 5.69 Å². The van der Waals surface area contributed by atoms with Gasteiger partial charge in [0.1, 0.15) is 10.8 Å². The van der Waals surface area contributed by atoms with Gasteiger partial charge in [-0.25, -0.2) is 0 Å². The zero-order valence-corrected chi connectivity index (χ0v) is 10.8. The third-order valence-corrected chi connectivity index (χ3v) is 3.19. The maximum absolute atomic E-state index is 11.7. The van der Waals surface area contributed by atoms with Gasteiger partial charge in [0.15, 0.2) is 0 Å². The summed E-state index contributed by atoms with van der Waals surface area (Å²) in [6.07, 6.45) is 6.30. The Morgan fingerprint density at radius 2 is 2.32 bits per heavy atom. The summed E-state index contributed by atoms with van der Waals surface area (Å²) in [7, 11) is 0. The summed E-state index contributed by atoms with van der Waals surface area (Å²) in [6, 6.07) is 3.87. The smallest absolute Gasteiger partial charge is 0.311 e. The number of carbonyl (C=O) groups is 1. The Bertz CT molecular complexity index is 541. The Morgan fingerprint density at radius 3 is 2.89 bits per heavy atom. The summed E-state index contributed by atoms with van der Waals surface area (Å²) in [5.74, 6) is 0.0880. The van der Waals surface area contributed by atoms with E-state index in [0.29, 0.717) is 6.42 Å². The van der Waals surface area contributed by atoms with Crippen LogP contribution in [0.1, 0.15) is 19.3 Å². The minimum Gasteiger partial charge on any atom is -0.426 e. The zero-order valence-electron chi connectivity index (χ0n) is 10.0. The van der Waals surface area contributed by atoms with Gasteiger partial charge in [0.25, 0.3) is 5.69 Å². The van der Waals surface area contributed by atoms with Crippen LogP contribution < -0.4 is 4.74 Å². The third-order valence-electron chi connectivity index (χ3n) is 2.89. The van der Waals surface area contributed by atoms with Crippen molar-refractivity contribution in [3.63, 3.8) is 0 Å².